The van der Waals surface area contributed by atoms with Gasteiger partial charge in [0, 0.05) is 23.2 Å². The van der Waals surface area contributed by atoms with Crippen molar-refractivity contribution in [3.63, 3.8) is 0 Å². The van der Waals surface area contributed by atoms with Gasteiger partial charge in [0.2, 0.25) is 5.78 Å². The van der Waals surface area contributed by atoms with E-state index in [0.717, 1.165) is 28.0 Å². The summed E-state index contributed by atoms with van der Waals surface area (Å²) in [7, 11) is 3.70. The molecule has 1 heterocycles. The van der Waals surface area contributed by atoms with Crippen LogP contribution in [0, 0.1) is 22.7 Å². The molecule has 1 unspecified atom stereocenters. The van der Waals surface area contributed by atoms with Gasteiger partial charge in [-0.15, -0.1) is 0 Å². The third kappa shape index (κ3) is 7.48. The molecule has 0 amide bonds. The maximum absolute atomic E-state index is 17.7. The number of carbonyl (C=O) groups is 5. The number of Topliss-reactive ketones (excluding diaryl/α,β-unsaturated/α-hetero) is 2. The SMILES string of the molecule is CN(C)C(C(=O)Cc1ccc2ccccc2c1)c1ccc(COC(=O)CCC(=O)OCC(=O)[C@@]23OC(C)(C)O[C@@H]2C[C@H]2[C@@H]4C[C@H](F)C5=CC(=O)C=C[C@]5(C)[C@@]4(F)[C@@H](O)C[C@@]23C)cc1. The molecule has 0 spiro atoms. The van der Waals surface area contributed by atoms with E-state index in [4.69, 9.17) is 18.9 Å². The van der Waals surface area contributed by atoms with Crippen molar-refractivity contribution in [1.82, 2.24) is 4.90 Å². The van der Waals surface area contributed by atoms with E-state index in [-0.39, 0.29) is 56.5 Å². The lowest BCUT2D eigenvalue weighted by Crippen LogP contribution is -2.71. The highest BCUT2D eigenvalue weighted by atomic mass is 19.1. The average Bonchev–Trinajstić information content (AvgIpc) is 3.65. The molecule has 1 saturated heterocycles. The molecule has 8 rings (SSSR count). The van der Waals surface area contributed by atoms with Crippen LogP contribution in [0.2, 0.25) is 0 Å². The third-order valence-corrected chi connectivity index (χ3v) is 14.6. The Bertz CT molecular complexity index is 2410. The molecule has 4 aliphatic carbocycles. The van der Waals surface area contributed by atoms with Crippen LogP contribution in [0.15, 0.2) is 90.5 Å². The first kappa shape index (κ1) is 44.6. The molecule has 0 radical (unpaired) electrons. The summed E-state index contributed by atoms with van der Waals surface area (Å²) in [6, 6.07) is 20.8. The molecule has 3 aromatic rings. The lowest BCUT2D eigenvalue weighted by Gasteiger charge is -2.63. The number of benzene rings is 3. The van der Waals surface area contributed by atoms with Gasteiger partial charge in [0.05, 0.1) is 31.1 Å². The molecular formula is C50H55F2NO10. The van der Waals surface area contributed by atoms with Gasteiger partial charge in [0.15, 0.2) is 35.2 Å². The number of hydrogen-bond donors (Lipinski definition) is 1. The number of nitrogens with zero attached hydrogens (tertiary/aromatic N) is 1. The normalized spacial score (nSPS) is 33.1. The molecule has 13 heteroatoms. The van der Waals surface area contributed by atoms with E-state index in [1.54, 1.807) is 32.9 Å². The molecule has 11 nitrogen and oxygen atoms in total. The summed E-state index contributed by atoms with van der Waals surface area (Å²) in [4.78, 5) is 67.7. The van der Waals surface area contributed by atoms with Crippen LogP contribution in [0.1, 0.15) is 82.5 Å². The number of esters is 2. The number of carbonyl (C=O) groups excluding carboxylic acids is 5. The van der Waals surface area contributed by atoms with E-state index < -0.39 is 94.3 Å². The molecule has 334 valence electrons. The van der Waals surface area contributed by atoms with Crippen molar-refractivity contribution in [2.75, 3.05) is 20.7 Å². The van der Waals surface area contributed by atoms with E-state index >= 15 is 8.78 Å². The number of alkyl halides is 2. The fraction of sp³-hybridized carbons (Fsp3) is 0.500. The highest BCUT2D eigenvalue weighted by Gasteiger charge is 2.80. The Labute approximate surface area is 365 Å². The molecular weight excluding hydrogens is 813 g/mol. The molecule has 4 fully saturated rings. The Morgan fingerprint density at radius 1 is 0.889 bits per heavy atom. The van der Waals surface area contributed by atoms with Gasteiger partial charge in [-0.1, -0.05) is 79.7 Å². The standard InChI is InChI=1S/C50H55F2NO10/c1-46(2)62-42-25-35-36-24-38(51)37-23-34(54)19-20-47(37,3)49(36,52)40(56)26-48(35,4)50(42,63-46)41(57)28-61-44(59)18-17-43(58)60-27-29-11-15-32(16-12-29)45(53(5)6)39(55)22-30-13-14-31-9-7-8-10-33(31)21-30/h7-16,19-21,23,35-36,38,40,42,45,56H,17-18,22,24-28H2,1-6H3/t35-,36-,38-,40-,42+,45?,47-,48-,49-,50+/m0/s1. The Balaban J connectivity index is 0.865. The van der Waals surface area contributed by atoms with Gasteiger partial charge in [-0.3, -0.25) is 28.9 Å². The minimum atomic E-state index is -2.36. The van der Waals surface area contributed by atoms with Crippen LogP contribution in [-0.2, 0) is 55.9 Å². The molecule has 3 saturated carbocycles. The van der Waals surface area contributed by atoms with Crippen LogP contribution in [-0.4, -0.2) is 95.4 Å². The van der Waals surface area contributed by atoms with Crippen molar-refractivity contribution < 1.29 is 56.8 Å². The van der Waals surface area contributed by atoms with E-state index in [1.807, 2.05) is 73.6 Å². The zero-order valence-electron chi connectivity index (χ0n) is 36.5. The minimum absolute atomic E-state index is 0.00425. The highest BCUT2D eigenvalue weighted by Crippen LogP contribution is 2.72. The lowest BCUT2D eigenvalue weighted by atomic mass is 9.44. The van der Waals surface area contributed by atoms with E-state index in [1.165, 1.54) is 19.1 Å². The van der Waals surface area contributed by atoms with Crippen molar-refractivity contribution in [3.8, 4) is 0 Å². The predicted octanol–water partition coefficient (Wildman–Crippen LogP) is 7.01. The molecule has 5 aliphatic rings. The average molecular weight is 868 g/mol. The summed E-state index contributed by atoms with van der Waals surface area (Å²) in [6.07, 6.45) is -1.40. The summed E-state index contributed by atoms with van der Waals surface area (Å²) >= 11 is 0. The maximum Gasteiger partial charge on any atom is 0.306 e. The molecule has 1 N–H and O–H groups in total. The predicted molar refractivity (Wildman–Crippen MR) is 227 cm³/mol. The molecule has 10 atom stereocenters. The van der Waals surface area contributed by atoms with Gasteiger partial charge in [-0.25, -0.2) is 8.78 Å². The molecule has 1 aliphatic heterocycles. The second kappa shape index (κ2) is 16.2. The van der Waals surface area contributed by atoms with Crippen molar-refractivity contribution >= 4 is 40.1 Å². The van der Waals surface area contributed by atoms with Gasteiger partial charge in [-0.05, 0) is 105 Å². The zero-order valence-corrected chi connectivity index (χ0v) is 36.5. The van der Waals surface area contributed by atoms with E-state index in [9.17, 15) is 29.1 Å². The smallest absolute Gasteiger partial charge is 0.306 e. The summed E-state index contributed by atoms with van der Waals surface area (Å²) in [5, 5.41) is 14.0. The van der Waals surface area contributed by atoms with Gasteiger partial charge < -0.3 is 24.1 Å². The Hall–Kier alpha value is -4.95. The summed E-state index contributed by atoms with van der Waals surface area (Å²) in [6.45, 7) is 5.70. The van der Waals surface area contributed by atoms with Gasteiger partial charge in [0.1, 0.15) is 12.8 Å². The number of hydrogen-bond acceptors (Lipinski definition) is 11. The second-order valence-electron chi connectivity index (χ2n) is 19.1. The quantitative estimate of drug-likeness (QED) is 0.177. The number of allylic oxidation sites excluding steroid dienone is 4. The minimum Gasteiger partial charge on any atom is -0.461 e. The van der Waals surface area contributed by atoms with Crippen LogP contribution >= 0.6 is 0 Å². The first-order valence-electron chi connectivity index (χ1n) is 21.7. The van der Waals surface area contributed by atoms with E-state index in [2.05, 4.69) is 0 Å². The number of ketones is 3. The Morgan fingerprint density at radius 2 is 1.56 bits per heavy atom. The molecule has 0 aromatic heterocycles. The number of ether oxygens (including phenoxy) is 4. The fourth-order valence-corrected chi connectivity index (χ4v) is 11.8. The first-order valence-corrected chi connectivity index (χ1v) is 21.7. The fourth-order valence-electron chi connectivity index (χ4n) is 11.8. The van der Waals surface area contributed by atoms with Crippen LogP contribution in [0.3, 0.4) is 0 Å². The molecule has 63 heavy (non-hydrogen) atoms. The first-order chi connectivity index (χ1) is 29.7. The highest BCUT2D eigenvalue weighted by molar-refractivity contribution is 6.01. The Morgan fingerprint density at radius 3 is 2.25 bits per heavy atom. The van der Waals surface area contributed by atoms with E-state index in [0.29, 0.717) is 5.56 Å². The van der Waals surface area contributed by atoms with Gasteiger partial charge in [-0.2, -0.15) is 0 Å². The van der Waals surface area contributed by atoms with Crippen LogP contribution in [0.25, 0.3) is 10.8 Å². The van der Waals surface area contributed by atoms with Crippen LogP contribution in [0.5, 0.6) is 0 Å². The third-order valence-electron chi connectivity index (χ3n) is 14.6. The molecule has 3 aromatic carbocycles. The zero-order chi connectivity index (χ0) is 45.3. The van der Waals surface area contributed by atoms with Crippen molar-refractivity contribution in [3.05, 3.63) is 107 Å². The second-order valence-corrected chi connectivity index (χ2v) is 19.1. The van der Waals surface area contributed by atoms with Crippen molar-refractivity contribution in [2.45, 2.75) is 114 Å². The number of aliphatic hydroxyl groups excluding tert-OH is 1. The lowest BCUT2D eigenvalue weighted by molar-refractivity contribution is -0.249. The largest absolute Gasteiger partial charge is 0.461 e. The topological polar surface area (TPSA) is 146 Å². The van der Waals surface area contributed by atoms with Crippen molar-refractivity contribution in [2.24, 2.45) is 22.7 Å². The number of fused-ring (bicyclic) bond motifs is 8. The van der Waals surface area contributed by atoms with Gasteiger partial charge >= 0.3 is 11.9 Å². The Kier molecular flexibility index (Phi) is 11.5. The maximum atomic E-state index is 17.7. The van der Waals surface area contributed by atoms with Gasteiger partial charge in [0.25, 0.3) is 0 Å². The number of likely N-dealkylation sites (N-methyl/N-ethyl adjacent to an activating group) is 1. The number of halogens is 2. The van der Waals surface area contributed by atoms with Crippen molar-refractivity contribution in [1.29, 1.82) is 0 Å². The number of rotatable bonds is 13. The van der Waals surface area contributed by atoms with Crippen LogP contribution in [0.4, 0.5) is 8.78 Å². The monoisotopic (exact) mass is 867 g/mol. The molecule has 0 bridgehead atoms. The number of aliphatic hydroxyl groups is 1. The van der Waals surface area contributed by atoms with Crippen LogP contribution < -0.4 is 0 Å². The summed E-state index contributed by atoms with van der Waals surface area (Å²) < 4.78 is 57.3. The summed E-state index contributed by atoms with van der Waals surface area (Å²) in [5.74, 6) is -5.55. The summed E-state index contributed by atoms with van der Waals surface area (Å²) in [5.41, 5.74) is -4.59.